The minimum Gasteiger partial charge on any atom is -0.354 e. The molecule has 1 aromatic carbocycles. The molecule has 1 fully saturated rings. The number of aromatic nitrogens is 3. The molecule has 0 amide bonds. The molecule has 0 spiro atoms. The van der Waals surface area contributed by atoms with Crippen molar-refractivity contribution < 1.29 is 8.42 Å². The van der Waals surface area contributed by atoms with Gasteiger partial charge in [-0.3, -0.25) is 5.10 Å². The van der Waals surface area contributed by atoms with Crippen molar-refractivity contribution in [3.63, 3.8) is 0 Å². The number of piperazine rings is 1. The van der Waals surface area contributed by atoms with Crippen LogP contribution in [0.25, 0.3) is 10.9 Å². The molecule has 0 atom stereocenters. The lowest BCUT2D eigenvalue weighted by molar-refractivity contribution is 0.585. The lowest BCUT2D eigenvalue weighted by atomic mass is 10.3. The van der Waals surface area contributed by atoms with Gasteiger partial charge in [0.2, 0.25) is 9.84 Å². The van der Waals surface area contributed by atoms with Gasteiger partial charge in [-0.1, -0.05) is 18.2 Å². The topological polar surface area (TPSA) is 91.0 Å². The first kappa shape index (κ1) is 15.1. The van der Waals surface area contributed by atoms with E-state index < -0.39 is 9.84 Å². The van der Waals surface area contributed by atoms with Crippen LogP contribution in [0.4, 0.5) is 5.82 Å². The number of hydrogen-bond acceptors (Lipinski definition) is 6. The molecular formula is C16H17N5O2S. The SMILES string of the molecule is O=S(=O)(c1ccccc1)c1[nH]nc2cnc(N3CCNCC3)cc12. The minimum absolute atomic E-state index is 0.113. The van der Waals surface area contributed by atoms with Crippen LogP contribution in [0.3, 0.4) is 0 Å². The molecule has 2 N–H and O–H groups in total. The van der Waals surface area contributed by atoms with Crippen LogP contribution in [0.15, 0.2) is 52.5 Å². The van der Waals surface area contributed by atoms with E-state index in [-0.39, 0.29) is 9.92 Å². The predicted octanol–water partition coefficient (Wildman–Crippen LogP) is 1.20. The molecule has 24 heavy (non-hydrogen) atoms. The highest BCUT2D eigenvalue weighted by Gasteiger charge is 2.24. The molecule has 1 aliphatic rings. The number of pyridine rings is 1. The largest absolute Gasteiger partial charge is 0.354 e. The van der Waals surface area contributed by atoms with Crippen molar-refractivity contribution in [3.05, 3.63) is 42.6 Å². The van der Waals surface area contributed by atoms with Crippen LogP contribution in [0.2, 0.25) is 0 Å². The summed E-state index contributed by atoms with van der Waals surface area (Å²) in [5.74, 6) is 0.773. The molecule has 0 saturated carbocycles. The molecule has 0 unspecified atom stereocenters. The minimum atomic E-state index is -3.65. The van der Waals surface area contributed by atoms with Crippen molar-refractivity contribution in [1.29, 1.82) is 0 Å². The summed E-state index contributed by atoms with van der Waals surface area (Å²) in [6, 6.07) is 10.2. The Morgan fingerprint density at radius 1 is 1.08 bits per heavy atom. The Hall–Kier alpha value is -2.45. The normalized spacial score (nSPS) is 15.8. The van der Waals surface area contributed by atoms with E-state index in [4.69, 9.17) is 0 Å². The van der Waals surface area contributed by atoms with Crippen molar-refractivity contribution in [3.8, 4) is 0 Å². The number of benzene rings is 1. The van der Waals surface area contributed by atoms with Crippen LogP contribution in [0.1, 0.15) is 0 Å². The molecule has 1 aliphatic heterocycles. The number of nitrogens with zero attached hydrogens (tertiary/aromatic N) is 3. The molecule has 0 bridgehead atoms. The van der Waals surface area contributed by atoms with Crippen LogP contribution < -0.4 is 10.2 Å². The monoisotopic (exact) mass is 343 g/mol. The van der Waals surface area contributed by atoms with E-state index in [1.54, 1.807) is 42.6 Å². The standard InChI is InChI=1S/C16H17N5O2S/c22-24(23,12-4-2-1-3-5-12)16-13-10-15(18-11-14(13)19-20-16)21-8-6-17-7-9-21/h1-5,10-11,17H,6-9H2,(H,19,20). The maximum Gasteiger partial charge on any atom is 0.223 e. The van der Waals surface area contributed by atoms with Gasteiger partial charge in [0.25, 0.3) is 0 Å². The molecule has 124 valence electrons. The molecule has 3 aromatic rings. The Labute approximate surface area is 139 Å². The second kappa shape index (κ2) is 5.88. The van der Waals surface area contributed by atoms with Crippen LogP contribution in [0.5, 0.6) is 0 Å². The predicted molar refractivity (Wildman–Crippen MR) is 90.9 cm³/mol. The third kappa shape index (κ3) is 2.53. The summed E-state index contributed by atoms with van der Waals surface area (Å²) in [7, 11) is -3.65. The smallest absolute Gasteiger partial charge is 0.223 e. The van der Waals surface area contributed by atoms with E-state index in [9.17, 15) is 8.42 Å². The van der Waals surface area contributed by atoms with E-state index in [2.05, 4.69) is 25.4 Å². The van der Waals surface area contributed by atoms with Crippen molar-refractivity contribution in [1.82, 2.24) is 20.5 Å². The molecule has 0 radical (unpaired) electrons. The number of rotatable bonds is 3. The summed E-state index contributed by atoms with van der Waals surface area (Å²) in [6.45, 7) is 3.47. The van der Waals surface area contributed by atoms with Gasteiger partial charge >= 0.3 is 0 Å². The summed E-state index contributed by atoms with van der Waals surface area (Å²) >= 11 is 0. The van der Waals surface area contributed by atoms with Crippen LogP contribution in [0, 0.1) is 0 Å². The van der Waals surface area contributed by atoms with Gasteiger partial charge < -0.3 is 10.2 Å². The number of fused-ring (bicyclic) bond motifs is 1. The zero-order valence-electron chi connectivity index (χ0n) is 12.9. The molecule has 3 heterocycles. The number of hydrogen-bond donors (Lipinski definition) is 2. The lowest BCUT2D eigenvalue weighted by Gasteiger charge is -2.28. The quantitative estimate of drug-likeness (QED) is 0.743. The molecular weight excluding hydrogens is 326 g/mol. The Balaban J connectivity index is 1.81. The summed E-state index contributed by atoms with van der Waals surface area (Å²) in [6.07, 6.45) is 1.62. The van der Waals surface area contributed by atoms with Gasteiger partial charge in [0.05, 0.1) is 11.1 Å². The highest BCUT2D eigenvalue weighted by atomic mass is 32.2. The number of sulfone groups is 1. The third-order valence-corrected chi connectivity index (χ3v) is 5.90. The fourth-order valence-corrected chi connectivity index (χ4v) is 4.24. The highest BCUT2D eigenvalue weighted by Crippen LogP contribution is 2.28. The molecule has 8 heteroatoms. The van der Waals surface area contributed by atoms with Gasteiger partial charge in [-0.25, -0.2) is 13.4 Å². The molecule has 4 rings (SSSR count). The summed E-state index contributed by atoms with van der Waals surface area (Å²) < 4.78 is 25.8. The fraction of sp³-hybridized carbons (Fsp3) is 0.250. The van der Waals surface area contributed by atoms with E-state index in [0.29, 0.717) is 10.9 Å². The third-order valence-electron chi connectivity index (χ3n) is 4.15. The first-order chi connectivity index (χ1) is 11.7. The maximum atomic E-state index is 12.9. The Kier molecular flexibility index (Phi) is 3.70. The Morgan fingerprint density at radius 3 is 2.58 bits per heavy atom. The molecule has 2 aromatic heterocycles. The second-order valence-corrected chi connectivity index (χ2v) is 7.55. The number of H-pyrrole nitrogens is 1. The average Bonchev–Trinajstić information content (AvgIpc) is 3.07. The van der Waals surface area contributed by atoms with Crippen LogP contribution in [-0.2, 0) is 9.84 Å². The fourth-order valence-electron chi connectivity index (χ4n) is 2.87. The summed E-state index contributed by atoms with van der Waals surface area (Å²) in [4.78, 5) is 6.81. The molecule has 1 saturated heterocycles. The van der Waals surface area contributed by atoms with Gasteiger partial charge in [-0.05, 0) is 18.2 Å². The Morgan fingerprint density at radius 2 is 1.83 bits per heavy atom. The maximum absolute atomic E-state index is 12.9. The number of anilines is 1. The van der Waals surface area contributed by atoms with E-state index in [1.165, 1.54) is 0 Å². The van der Waals surface area contributed by atoms with E-state index in [0.717, 1.165) is 32.0 Å². The zero-order valence-corrected chi connectivity index (χ0v) is 13.8. The van der Waals surface area contributed by atoms with Gasteiger partial charge in [0.1, 0.15) is 11.3 Å². The van der Waals surface area contributed by atoms with E-state index in [1.807, 2.05) is 0 Å². The lowest BCUT2D eigenvalue weighted by Crippen LogP contribution is -2.43. The zero-order chi connectivity index (χ0) is 16.6. The van der Waals surface area contributed by atoms with Gasteiger partial charge in [0, 0.05) is 31.6 Å². The Bertz CT molecular complexity index is 963. The van der Waals surface area contributed by atoms with Crippen molar-refractivity contribution >= 4 is 26.6 Å². The van der Waals surface area contributed by atoms with Gasteiger partial charge in [-0.2, -0.15) is 5.10 Å². The molecule has 7 nitrogen and oxygen atoms in total. The van der Waals surface area contributed by atoms with Crippen molar-refractivity contribution in [2.75, 3.05) is 31.1 Å². The summed E-state index contributed by atoms with van der Waals surface area (Å²) in [5, 5.41) is 10.7. The summed E-state index contributed by atoms with van der Waals surface area (Å²) in [5.41, 5.74) is 0.545. The number of aromatic amines is 1. The second-order valence-electron chi connectivity index (χ2n) is 5.67. The molecule has 0 aliphatic carbocycles. The van der Waals surface area contributed by atoms with Gasteiger partial charge in [-0.15, -0.1) is 0 Å². The highest BCUT2D eigenvalue weighted by molar-refractivity contribution is 7.91. The first-order valence-corrected chi connectivity index (χ1v) is 9.24. The van der Waals surface area contributed by atoms with Gasteiger partial charge in [0.15, 0.2) is 5.03 Å². The van der Waals surface area contributed by atoms with E-state index >= 15 is 0 Å². The number of nitrogens with one attached hydrogen (secondary N) is 2. The first-order valence-electron chi connectivity index (χ1n) is 7.76. The van der Waals surface area contributed by atoms with Crippen LogP contribution in [-0.4, -0.2) is 49.8 Å². The average molecular weight is 343 g/mol. The van der Waals surface area contributed by atoms with Crippen LogP contribution >= 0.6 is 0 Å². The van der Waals surface area contributed by atoms with Crippen molar-refractivity contribution in [2.24, 2.45) is 0 Å². The van der Waals surface area contributed by atoms with Crippen molar-refractivity contribution in [2.45, 2.75) is 9.92 Å².